The number of likely N-dealkylation sites (tertiary alicyclic amines) is 1. The van der Waals surface area contributed by atoms with Crippen molar-refractivity contribution >= 4 is 23.4 Å². The number of nitrogens with zero attached hydrogens (tertiary/aromatic N) is 3. The van der Waals surface area contributed by atoms with E-state index in [1.54, 1.807) is 9.80 Å². The van der Waals surface area contributed by atoms with Gasteiger partial charge in [0.05, 0.1) is 37.2 Å². The molecule has 0 bridgehead atoms. The Morgan fingerprint density at radius 2 is 1.70 bits per heavy atom. The van der Waals surface area contributed by atoms with Crippen LogP contribution in [0, 0.1) is 11.8 Å². The molecule has 0 aromatic heterocycles. The Labute approximate surface area is 258 Å². The second kappa shape index (κ2) is 11.5. The maximum atomic E-state index is 14.7. The van der Waals surface area contributed by atoms with E-state index in [1.165, 1.54) is 4.90 Å². The van der Waals surface area contributed by atoms with Crippen LogP contribution in [0.25, 0.3) is 0 Å². The Morgan fingerprint density at radius 1 is 0.977 bits per heavy atom. The number of anilines is 1. The second-order valence-corrected chi connectivity index (χ2v) is 12.9. The maximum absolute atomic E-state index is 14.7. The molecule has 1 spiro atoms. The number of aliphatic hydroxyl groups excluding tert-OH is 1. The summed E-state index contributed by atoms with van der Waals surface area (Å²) in [5, 5.41) is 10.7. The number of carbonyl (C=O) groups excluding carboxylic acids is 3. The van der Waals surface area contributed by atoms with Gasteiger partial charge >= 0.3 is 0 Å². The van der Waals surface area contributed by atoms with Gasteiger partial charge in [0.25, 0.3) is 0 Å². The van der Waals surface area contributed by atoms with Gasteiger partial charge in [0, 0.05) is 24.3 Å². The highest BCUT2D eigenvalue weighted by molar-refractivity contribution is 6.04. The van der Waals surface area contributed by atoms with Crippen molar-refractivity contribution in [2.45, 2.75) is 63.4 Å². The van der Waals surface area contributed by atoms with Crippen LogP contribution in [0.2, 0.25) is 0 Å². The van der Waals surface area contributed by atoms with Crippen molar-refractivity contribution in [3.8, 4) is 5.75 Å². The standard InChI is InChI=1S/C35H41N3O6/c1-5-43-26-16-14-24(15-17-26)36-19-9-13-27-28(31(36)40)29-32(41)38(25(22-39)21-23-11-7-6-8-12-23)30-33(42)37(34(2,3)4)20-10-18-35(29,30)44-27/h6-18,25,27-30,39H,5,19-22H2,1-4H3/t25-,27-,28+,29+,30?,35+/m1/s1. The van der Waals surface area contributed by atoms with Gasteiger partial charge in [-0.25, -0.2) is 0 Å². The summed E-state index contributed by atoms with van der Waals surface area (Å²) in [7, 11) is 0. The van der Waals surface area contributed by atoms with Gasteiger partial charge < -0.3 is 29.3 Å². The molecule has 1 unspecified atom stereocenters. The van der Waals surface area contributed by atoms with Gasteiger partial charge in [-0.2, -0.15) is 0 Å². The van der Waals surface area contributed by atoms with E-state index in [4.69, 9.17) is 9.47 Å². The van der Waals surface area contributed by atoms with Crippen LogP contribution in [0.1, 0.15) is 33.3 Å². The highest BCUT2D eigenvalue weighted by Gasteiger charge is 2.72. The monoisotopic (exact) mass is 599 g/mol. The zero-order valence-corrected chi connectivity index (χ0v) is 25.8. The molecule has 6 atom stereocenters. The molecule has 4 heterocycles. The molecule has 3 amide bonds. The van der Waals surface area contributed by atoms with Crippen LogP contribution >= 0.6 is 0 Å². The molecule has 6 rings (SSSR count). The second-order valence-electron chi connectivity index (χ2n) is 12.9. The molecular weight excluding hydrogens is 558 g/mol. The maximum Gasteiger partial charge on any atom is 0.249 e. The number of benzene rings is 2. The Balaban J connectivity index is 1.43. The fourth-order valence-electron chi connectivity index (χ4n) is 7.33. The molecule has 2 saturated heterocycles. The van der Waals surface area contributed by atoms with Crippen molar-refractivity contribution < 1.29 is 29.0 Å². The summed E-state index contributed by atoms with van der Waals surface area (Å²) >= 11 is 0. The van der Waals surface area contributed by atoms with E-state index in [-0.39, 0.29) is 24.3 Å². The SMILES string of the molecule is CCOc1ccc(N2CC=C[C@H]3O[C@]45C=CCN(C(C)(C)C)C(=O)C4N([C@@H](CO)Cc4ccccc4)C(=O)[C@@H]5[C@H]3C2=O)cc1. The summed E-state index contributed by atoms with van der Waals surface area (Å²) in [6, 6.07) is 15.2. The molecule has 4 aliphatic heterocycles. The van der Waals surface area contributed by atoms with E-state index in [9.17, 15) is 19.5 Å². The molecule has 1 N–H and O–H groups in total. The predicted octanol–water partition coefficient (Wildman–Crippen LogP) is 3.37. The van der Waals surface area contributed by atoms with Crippen LogP contribution in [-0.4, -0.2) is 88.3 Å². The van der Waals surface area contributed by atoms with Gasteiger partial charge in [-0.1, -0.05) is 54.6 Å². The third-order valence-electron chi connectivity index (χ3n) is 9.28. The molecule has 2 aromatic carbocycles. The first-order valence-corrected chi connectivity index (χ1v) is 15.5. The van der Waals surface area contributed by atoms with Gasteiger partial charge in [-0.05, 0) is 63.9 Å². The van der Waals surface area contributed by atoms with Crippen molar-refractivity contribution in [2.75, 3.05) is 31.2 Å². The van der Waals surface area contributed by atoms with Crippen molar-refractivity contribution in [3.05, 3.63) is 84.5 Å². The predicted molar refractivity (Wildman–Crippen MR) is 166 cm³/mol. The summed E-state index contributed by atoms with van der Waals surface area (Å²) in [6.07, 6.45) is 7.16. The topological polar surface area (TPSA) is 99.6 Å². The molecule has 4 aliphatic rings. The van der Waals surface area contributed by atoms with Gasteiger partial charge in [0.2, 0.25) is 17.7 Å². The summed E-state index contributed by atoms with van der Waals surface area (Å²) in [5.41, 5.74) is -0.275. The summed E-state index contributed by atoms with van der Waals surface area (Å²) in [4.78, 5) is 48.7. The van der Waals surface area contributed by atoms with Crippen LogP contribution in [0.4, 0.5) is 5.69 Å². The van der Waals surface area contributed by atoms with Crippen molar-refractivity contribution in [1.82, 2.24) is 9.80 Å². The van der Waals surface area contributed by atoms with Gasteiger partial charge in [-0.15, -0.1) is 0 Å². The average Bonchev–Trinajstić information content (AvgIpc) is 3.31. The number of carbonyl (C=O) groups is 3. The molecule has 9 nitrogen and oxygen atoms in total. The van der Waals surface area contributed by atoms with Crippen LogP contribution in [0.3, 0.4) is 0 Å². The smallest absolute Gasteiger partial charge is 0.249 e. The minimum absolute atomic E-state index is 0.235. The number of amides is 3. The van der Waals surface area contributed by atoms with Gasteiger partial charge in [0.15, 0.2) is 0 Å². The summed E-state index contributed by atoms with van der Waals surface area (Å²) < 4.78 is 12.4. The largest absolute Gasteiger partial charge is 0.494 e. The molecule has 0 radical (unpaired) electrons. The highest BCUT2D eigenvalue weighted by Crippen LogP contribution is 2.54. The molecule has 44 heavy (non-hydrogen) atoms. The van der Waals surface area contributed by atoms with E-state index < -0.39 is 41.2 Å². The summed E-state index contributed by atoms with van der Waals surface area (Å²) in [5.74, 6) is -1.92. The van der Waals surface area contributed by atoms with E-state index >= 15 is 0 Å². The normalized spacial score (nSPS) is 28.8. The Kier molecular flexibility index (Phi) is 7.88. The van der Waals surface area contributed by atoms with Crippen molar-refractivity contribution in [3.63, 3.8) is 0 Å². The molecule has 2 fully saturated rings. The Bertz CT molecular complexity index is 1470. The minimum Gasteiger partial charge on any atom is -0.494 e. The molecule has 9 heteroatoms. The molecule has 232 valence electrons. The fraction of sp³-hybridized carbons (Fsp3) is 0.457. The molecule has 2 aromatic rings. The highest BCUT2D eigenvalue weighted by atomic mass is 16.5. The van der Waals surface area contributed by atoms with E-state index in [2.05, 4.69) is 0 Å². The van der Waals surface area contributed by atoms with Gasteiger partial charge in [-0.3, -0.25) is 14.4 Å². The third kappa shape index (κ3) is 4.92. The number of hydrogen-bond acceptors (Lipinski definition) is 6. The third-order valence-corrected chi connectivity index (χ3v) is 9.28. The number of ether oxygens (including phenoxy) is 2. The van der Waals surface area contributed by atoms with Crippen LogP contribution in [-0.2, 0) is 25.5 Å². The summed E-state index contributed by atoms with van der Waals surface area (Å²) in [6.45, 7) is 8.66. The number of hydrogen-bond donors (Lipinski definition) is 1. The lowest BCUT2D eigenvalue weighted by Crippen LogP contribution is -2.61. The quantitative estimate of drug-likeness (QED) is 0.490. The number of rotatable bonds is 7. The zero-order chi connectivity index (χ0) is 31.2. The molecule has 0 aliphatic carbocycles. The van der Waals surface area contributed by atoms with E-state index in [0.717, 1.165) is 5.56 Å². The molecular formula is C35H41N3O6. The first-order valence-electron chi connectivity index (χ1n) is 15.5. The van der Waals surface area contributed by atoms with Crippen molar-refractivity contribution in [2.24, 2.45) is 11.8 Å². The number of fused-ring (bicyclic) bond motifs is 2. The van der Waals surface area contributed by atoms with E-state index in [1.807, 2.05) is 107 Å². The average molecular weight is 600 g/mol. The lowest BCUT2D eigenvalue weighted by Gasteiger charge is -2.42. The first kappa shape index (κ1) is 30.1. The van der Waals surface area contributed by atoms with Crippen LogP contribution in [0.5, 0.6) is 5.75 Å². The van der Waals surface area contributed by atoms with Crippen molar-refractivity contribution in [1.29, 1.82) is 0 Å². The fourth-order valence-corrected chi connectivity index (χ4v) is 7.33. The number of aliphatic hydroxyl groups is 1. The first-order chi connectivity index (χ1) is 21.1. The van der Waals surface area contributed by atoms with Crippen LogP contribution < -0.4 is 9.64 Å². The lowest BCUT2D eigenvalue weighted by atomic mass is 9.77. The van der Waals surface area contributed by atoms with Gasteiger partial charge in [0.1, 0.15) is 17.4 Å². The lowest BCUT2D eigenvalue weighted by molar-refractivity contribution is -0.153. The Hall–Kier alpha value is -3.95. The van der Waals surface area contributed by atoms with E-state index in [0.29, 0.717) is 37.6 Å². The molecule has 0 saturated carbocycles. The minimum atomic E-state index is -1.37. The Morgan fingerprint density at radius 3 is 2.36 bits per heavy atom. The van der Waals surface area contributed by atoms with Crippen LogP contribution in [0.15, 0.2) is 78.9 Å². The zero-order valence-electron chi connectivity index (χ0n) is 25.8.